The first-order chi connectivity index (χ1) is 9.10. The van der Waals surface area contributed by atoms with E-state index < -0.39 is 0 Å². The third-order valence-electron chi connectivity index (χ3n) is 2.67. The Bertz CT molecular complexity index is 640. The Morgan fingerprint density at radius 3 is 2.89 bits per heavy atom. The van der Waals surface area contributed by atoms with Gasteiger partial charge in [0.05, 0.1) is 5.69 Å². The average Bonchev–Trinajstić information content (AvgIpc) is 2.34. The number of hydrogen-bond donors (Lipinski definition) is 3. The quantitative estimate of drug-likeness (QED) is 0.781. The lowest BCUT2D eigenvalue weighted by molar-refractivity contribution is 0.298. The van der Waals surface area contributed by atoms with Gasteiger partial charge in [0.1, 0.15) is 5.82 Å². The molecule has 0 aliphatic carbocycles. The monoisotopic (exact) mass is 263 g/mol. The zero-order valence-corrected chi connectivity index (χ0v) is 10.4. The van der Waals surface area contributed by atoms with Crippen LogP contribution in [0.25, 0.3) is 0 Å². The van der Waals surface area contributed by atoms with Crippen LogP contribution in [0.3, 0.4) is 0 Å². The number of aliphatic hydroxyl groups excluding tert-OH is 1. The zero-order chi connectivity index (χ0) is 13.8. The van der Waals surface area contributed by atoms with Crippen molar-refractivity contribution in [3.63, 3.8) is 0 Å². The van der Waals surface area contributed by atoms with Crippen molar-refractivity contribution in [1.29, 1.82) is 0 Å². The number of nitrogens with zero attached hydrogens (tertiary/aromatic N) is 1. The van der Waals surface area contributed by atoms with Crippen LogP contribution in [0.2, 0.25) is 0 Å². The van der Waals surface area contributed by atoms with Crippen LogP contribution in [0.15, 0.2) is 29.1 Å². The van der Waals surface area contributed by atoms with Crippen LogP contribution < -0.4 is 10.9 Å². The number of aliphatic hydroxyl groups is 1. The fraction of sp³-hybridized carbons (Fsp3) is 0.231. The number of halogens is 1. The Kier molecular flexibility index (Phi) is 3.91. The molecule has 0 saturated heterocycles. The zero-order valence-electron chi connectivity index (χ0n) is 10.4. The first-order valence-electron chi connectivity index (χ1n) is 5.83. The summed E-state index contributed by atoms with van der Waals surface area (Å²) >= 11 is 0. The van der Waals surface area contributed by atoms with Gasteiger partial charge in [-0.3, -0.25) is 9.78 Å². The van der Waals surface area contributed by atoms with E-state index in [-0.39, 0.29) is 30.4 Å². The van der Waals surface area contributed by atoms with E-state index in [4.69, 9.17) is 5.11 Å². The highest BCUT2D eigenvalue weighted by atomic mass is 19.1. The van der Waals surface area contributed by atoms with E-state index in [1.807, 2.05) is 0 Å². The molecule has 2 aromatic rings. The molecule has 3 N–H and O–H groups in total. The Balaban J connectivity index is 2.29. The Labute approximate surface area is 109 Å². The van der Waals surface area contributed by atoms with Gasteiger partial charge in [-0.1, -0.05) is 6.07 Å². The fourth-order valence-electron chi connectivity index (χ4n) is 1.78. The maximum atomic E-state index is 13.0. The van der Waals surface area contributed by atoms with Crippen LogP contribution in [0, 0.1) is 12.7 Å². The molecule has 0 amide bonds. The molecular weight excluding hydrogens is 249 g/mol. The number of aromatic amines is 1. The average molecular weight is 263 g/mol. The highest BCUT2D eigenvalue weighted by Gasteiger charge is 2.07. The second-order valence-corrected chi connectivity index (χ2v) is 4.09. The predicted octanol–water partition coefficient (Wildman–Crippen LogP) is 1.50. The molecule has 0 saturated carbocycles. The van der Waals surface area contributed by atoms with E-state index in [0.717, 1.165) is 0 Å². The lowest BCUT2D eigenvalue weighted by Crippen LogP contribution is -2.19. The topological polar surface area (TPSA) is 78.0 Å². The van der Waals surface area contributed by atoms with E-state index >= 15 is 0 Å². The summed E-state index contributed by atoms with van der Waals surface area (Å²) in [5.74, 6) is -0.129. The van der Waals surface area contributed by atoms with Gasteiger partial charge in [0.2, 0.25) is 5.95 Å². The minimum Gasteiger partial charge on any atom is -0.396 e. The Morgan fingerprint density at radius 1 is 1.47 bits per heavy atom. The van der Waals surface area contributed by atoms with Crippen molar-refractivity contribution >= 4 is 11.6 Å². The number of nitrogens with one attached hydrogen (secondary N) is 2. The number of benzene rings is 1. The number of anilines is 2. The fourth-order valence-corrected chi connectivity index (χ4v) is 1.78. The number of H-pyrrole nitrogens is 1. The molecule has 0 radical (unpaired) electrons. The van der Waals surface area contributed by atoms with Gasteiger partial charge < -0.3 is 10.4 Å². The molecule has 1 heterocycles. The number of rotatable bonds is 4. The Hall–Kier alpha value is -2.21. The van der Waals surface area contributed by atoms with Gasteiger partial charge in [-0.2, -0.15) is 0 Å². The van der Waals surface area contributed by atoms with Crippen molar-refractivity contribution in [2.75, 3.05) is 11.9 Å². The molecule has 5 nitrogen and oxygen atoms in total. The van der Waals surface area contributed by atoms with Crippen LogP contribution in [-0.2, 0) is 6.42 Å². The number of aryl methyl sites for hydroxylation is 1. The largest absolute Gasteiger partial charge is 0.396 e. The number of aromatic nitrogens is 2. The van der Waals surface area contributed by atoms with Crippen LogP contribution in [0.1, 0.15) is 11.3 Å². The normalized spacial score (nSPS) is 10.5. The van der Waals surface area contributed by atoms with Gasteiger partial charge >= 0.3 is 0 Å². The number of hydrogen-bond acceptors (Lipinski definition) is 4. The molecule has 0 aliphatic rings. The van der Waals surface area contributed by atoms with Crippen molar-refractivity contribution in [2.45, 2.75) is 13.3 Å². The molecule has 6 heteroatoms. The molecule has 0 atom stereocenters. The van der Waals surface area contributed by atoms with Crippen LogP contribution in [0.5, 0.6) is 0 Å². The molecule has 0 spiro atoms. The second-order valence-electron chi connectivity index (χ2n) is 4.09. The van der Waals surface area contributed by atoms with Crippen LogP contribution >= 0.6 is 0 Å². The summed E-state index contributed by atoms with van der Waals surface area (Å²) < 4.78 is 13.0. The maximum absolute atomic E-state index is 13.0. The van der Waals surface area contributed by atoms with E-state index in [2.05, 4.69) is 15.3 Å². The van der Waals surface area contributed by atoms with Crippen molar-refractivity contribution in [2.24, 2.45) is 0 Å². The maximum Gasteiger partial charge on any atom is 0.255 e. The first kappa shape index (κ1) is 13.2. The van der Waals surface area contributed by atoms with Crippen molar-refractivity contribution in [1.82, 2.24) is 9.97 Å². The van der Waals surface area contributed by atoms with Gasteiger partial charge in [-0.05, 0) is 25.1 Å². The van der Waals surface area contributed by atoms with Crippen LogP contribution in [0.4, 0.5) is 16.0 Å². The summed E-state index contributed by atoms with van der Waals surface area (Å²) in [6, 6.07) is 5.86. The molecule has 0 bridgehead atoms. The third kappa shape index (κ3) is 3.17. The van der Waals surface area contributed by atoms with Crippen molar-refractivity contribution in [3.8, 4) is 0 Å². The predicted molar refractivity (Wildman–Crippen MR) is 70.1 cm³/mol. The standard InChI is InChI=1S/C13H14FN3O2/c1-8-11(5-6-18)12(19)17-13(15-8)16-10-4-2-3-9(14)7-10/h2-4,7,18H,5-6H2,1H3,(H2,15,16,17,19). The van der Waals surface area contributed by atoms with Crippen LogP contribution in [-0.4, -0.2) is 21.7 Å². The molecular formula is C13H14FN3O2. The molecule has 19 heavy (non-hydrogen) atoms. The van der Waals surface area contributed by atoms with E-state index in [9.17, 15) is 9.18 Å². The van der Waals surface area contributed by atoms with E-state index in [1.165, 1.54) is 12.1 Å². The van der Waals surface area contributed by atoms with Gasteiger partial charge in [0.25, 0.3) is 5.56 Å². The molecule has 0 unspecified atom stereocenters. The summed E-state index contributed by atoms with van der Waals surface area (Å²) in [6.45, 7) is 1.58. The summed E-state index contributed by atoms with van der Waals surface area (Å²) in [7, 11) is 0. The minimum absolute atomic E-state index is 0.109. The van der Waals surface area contributed by atoms with E-state index in [1.54, 1.807) is 19.1 Å². The molecule has 100 valence electrons. The molecule has 1 aromatic heterocycles. The third-order valence-corrected chi connectivity index (χ3v) is 2.67. The Morgan fingerprint density at radius 2 is 2.26 bits per heavy atom. The van der Waals surface area contributed by atoms with Crippen molar-refractivity contribution < 1.29 is 9.50 Å². The highest BCUT2D eigenvalue weighted by molar-refractivity contribution is 5.53. The molecule has 2 rings (SSSR count). The smallest absolute Gasteiger partial charge is 0.255 e. The van der Waals surface area contributed by atoms with E-state index in [0.29, 0.717) is 16.9 Å². The van der Waals surface area contributed by atoms with Gasteiger partial charge in [-0.15, -0.1) is 0 Å². The first-order valence-corrected chi connectivity index (χ1v) is 5.83. The van der Waals surface area contributed by atoms with Gasteiger partial charge in [0, 0.05) is 24.3 Å². The van der Waals surface area contributed by atoms with Gasteiger partial charge in [0.15, 0.2) is 0 Å². The highest BCUT2D eigenvalue weighted by Crippen LogP contribution is 2.13. The molecule has 0 aliphatic heterocycles. The summed E-state index contributed by atoms with van der Waals surface area (Å²) in [6.07, 6.45) is 0.258. The summed E-state index contributed by atoms with van der Waals surface area (Å²) in [5, 5.41) is 11.7. The second kappa shape index (κ2) is 5.62. The van der Waals surface area contributed by atoms with Gasteiger partial charge in [-0.25, -0.2) is 9.37 Å². The van der Waals surface area contributed by atoms with Crippen molar-refractivity contribution in [3.05, 3.63) is 51.7 Å². The summed E-state index contributed by atoms with van der Waals surface area (Å²) in [5.41, 5.74) is 1.18. The lowest BCUT2D eigenvalue weighted by atomic mass is 10.2. The minimum atomic E-state index is -0.374. The molecule has 1 aromatic carbocycles. The summed E-state index contributed by atoms with van der Waals surface area (Å²) in [4.78, 5) is 18.5. The molecule has 0 fully saturated rings. The SMILES string of the molecule is Cc1nc(Nc2cccc(F)c2)[nH]c(=O)c1CCO. The lowest BCUT2D eigenvalue weighted by Gasteiger charge is -2.08.